The SMILES string of the molecule is O=[N+]([O-])CN1CCN(c2ccccc2)CCN1. The molecule has 6 nitrogen and oxygen atoms in total. The van der Waals surface area contributed by atoms with E-state index in [1.54, 1.807) is 5.01 Å². The van der Waals surface area contributed by atoms with Crippen LogP contribution in [0, 0.1) is 10.1 Å². The molecule has 0 spiro atoms. The second-order valence-electron chi connectivity index (χ2n) is 3.97. The zero-order valence-corrected chi connectivity index (χ0v) is 9.58. The fraction of sp³-hybridized carbons (Fsp3) is 0.455. The van der Waals surface area contributed by atoms with Crippen LogP contribution in [0.5, 0.6) is 0 Å². The lowest BCUT2D eigenvalue weighted by molar-refractivity contribution is -0.507. The fourth-order valence-corrected chi connectivity index (χ4v) is 1.93. The highest BCUT2D eigenvalue weighted by atomic mass is 16.6. The number of nitro groups is 1. The van der Waals surface area contributed by atoms with Gasteiger partial charge in [0.25, 0.3) is 6.67 Å². The summed E-state index contributed by atoms with van der Waals surface area (Å²) in [7, 11) is 0. The molecule has 0 unspecified atom stereocenters. The second kappa shape index (κ2) is 5.60. The van der Waals surface area contributed by atoms with E-state index >= 15 is 0 Å². The number of benzene rings is 1. The summed E-state index contributed by atoms with van der Waals surface area (Å²) in [6.07, 6.45) is 0. The van der Waals surface area contributed by atoms with E-state index in [0.29, 0.717) is 6.54 Å². The number of rotatable bonds is 3. The topological polar surface area (TPSA) is 61.7 Å². The number of nitrogens with one attached hydrogen (secondary N) is 1. The largest absolute Gasteiger partial charge is 0.369 e. The van der Waals surface area contributed by atoms with E-state index in [-0.39, 0.29) is 11.6 Å². The van der Waals surface area contributed by atoms with Crippen molar-refractivity contribution in [3.63, 3.8) is 0 Å². The number of hydrogen-bond acceptors (Lipinski definition) is 5. The summed E-state index contributed by atoms with van der Waals surface area (Å²) in [6.45, 7) is 2.88. The van der Waals surface area contributed by atoms with Gasteiger partial charge < -0.3 is 4.90 Å². The van der Waals surface area contributed by atoms with Crippen molar-refractivity contribution in [1.82, 2.24) is 10.4 Å². The molecule has 0 aromatic heterocycles. The maximum absolute atomic E-state index is 10.4. The Balaban J connectivity index is 1.94. The van der Waals surface area contributed by atoms with Gasteiger partial charge in [-0.1, -0.05) is 18.2 Å². The van der Waals surface area contributed by atoms with E-state index in [1.165, 1.54) is 0 Å². The summed E-state index contributed by atoms with van der Waals surface area (Å²) in [5.74, 6) is 0. The smallest absolute Gasteiger partial charge is 0.271 e. The van der Waals surface area contributed by atoms with Crippen molar-refractivity contribution in [3.05, 3.63) is 40.4 Å². The average Bonchev–Trinajstić information content (AvgIpc) is 2.55. The van der Waals surface area contributed by atoms with Crippen molar-refractivity contribution in [2.45, 2.75) is 0 Å². The van der Waals surface area contributed by atoms with Gasteiger partial charge in [-0.15, -0.1) is 0 Å². The van der Waals surface area contributed by atoms with Crippen LogP contribution in [0.4, 0.5) is 5.69 Å². The first-order chi connectivity index (χ1) is 8.25. The van der Waals surface area contributed by atoms with Crippen LogP contribution < -0.4 is 10.3 Å². The van der Waals surface area contributed by atoms with E-state index in [2.05, 4.69) is 22.5 Å². The minimum atomic E-state index is -0.314. The van der Waals surface area contributed by atoms with Gasteiger partial charge in [0, 0.05) is 36.8 Å². The van der Waals surface area contributed by atoms with Crippen molar-refractivity contribution >= 4 is 5.69 Å². The Bertz CT molecular complexity index is 371. The molecule has 0 aliphatic carbocycles. The highest BCUT2D eigenvalue weighted by molar-refractivity contribution is 5.46. The number of nitrogens with zero attached hydrogens (tertiary/aromatic N) is 3. The van der Waals surface area contributed by atoms with Gasteiger partial charge in [0.1, 0.15) is 0 Å². The Morgan fingerprint density at radius 3 is 2.71 bits per heavy atom. The van der Waals surface area contributed by atoms with Crippen LogP contribution in [0.25, 0.3) is 0 Å². The number of para-hydroxylation sites is 1. The summed E-state index contributed by atoms with van der Waals surface area (Å²) in [4.78, 5) is 12.4. The van der Waals surface area contributed by atoms with Crippen molar-refractivity contribution < 1.29 is 4.92 Å². The number of anilines is 1. The van der Waals surface area contributed by atoms with Crippen molar-refractivity contribution in [3.8, 4) is 0 Å². The molecule has 0 saturated carbocycles. The van der Waals surface area contributed by atoms with Crippen molar-refractivity contribution in [1.29, 1.82) is 0 Å². The number of hydrazine groups is 1. The molecule has 1 saturated heterocycles. The highest BCUT2D eigenvalue weighted by Gasteiger charge is 2.17. The van der Waals surface area contributed by atoms with E-state index in [1.807, 2.05) is 18.2 Å². The van der Waals surface area contributed by atoms with Crippen LogP contribution in [0.2, 0.25) is 0 Å². The Morgan fingerprint density at radius 1 is 1.24 bits per heavy atom. The molecule has 1 aromatic carbocycles. The summed E-state index contributed by atoms with van der Waals surface area (Å²) in [5.41, 5.74) is 4.23. The Hall–Kier alpha value is -1.66. The van der Waals surface area contributed by atoms with E-state index in [9.17, 15) is 10.1 Å². The molecule has 0 radical (unpaired) electrons. The highest BCUT2D eigenvalue weighted by Crippen LogP contribution is 2.13. The standard InChI is InChI=1S/C11H16N4O2/c16-15(17)10-14-9-8-13(7-6-12-14)11-4-2-1-3-5-11/h1-5,12H,6-10H2. The zero-order valence-electron chi connectivity index (χ0n) is 9.58. The molecule has 1 N–H and O–H groups in total. The van der Waals surface area contributed by atoms with Gasteiger partial charge >= 0.3 is 0 Å². The van der Waals surface area contributed by atoms with Crippen molar-refractivity contribution in [2.75, 3.05) is 37.7 Å². The molecule has 0 atom stereocenters. The van der Waals surface area contributed by atoms with Crippen LogP contribution in [0.3, 0.4) is 0 Å². The quantitative estimate of drug-likeness (QED) is 0.613. The van der Waals surface area contributed by atoms with Gasteiger partial charge in [-0.3, -0.25) is 10.1 Å². The molecule has 1 fully saturated rings. The zero-order chi connectivity index (χ0) is 12.1. The molecule has 6 heteroatoms. The molecule has 1 heterocycles. The van der Waals surface area contributed by atoms with Crippen LogP contribution in [0.1, 0.15) is 0 Å². The molecule has 17 heavy (non-hydrogen) atoms. The molecule has 2 rings (SSSR count). The van der Waals surface area contributed by atoms with Gasteiger partial charge in [0.2, 0.25) is 0 Å². The van der Waals surface area contributed by atoms with Crippen LogP contribution in [-0.4, -0.2) is 42.8 Å². The van der Waals surface area contributed by atoms with Gasteiger partial charge in [0.05, 0.1) is 0 Å². The predicted molar refractivity (Wildman–Crippen MR) is 65.2 cm³/mol. The first kappa shape index (κ1) is 11.8. The molecule has 0 amide bonds. The predicted octanol–water partition coefficient (Wildman–Crippen LogP) is 0.547. The van der Waals surface area contributed by atoms with Gasteiger partial charge in [-0.05, 0) is 12.1 Å². The van der Waals surface area contributed by atoms with E-state index in [0.717, 1.165) is 25.3 Å². The first-order valence-electron chi connectivity index (χ1n) is 5.66. The van der Waals surface area contributed by atoms with E-state index < -0.39 is 0 Å². The third-order valence-electron chi connectivity index (χ3n) is 2.76. The Morgan fingerprint density at radius 2 is 2.00 bits per heavy atom. The maximum atomic E-state index is 10.4. The Labute approximate surface area is 99.9 Å². The summed E-state index contributed by atoms with van der Waals surface area (Å²) in [6, 6.07) is 10.1. The molecule has 1 aliphatic rings. The van der Waals surface area contributed by atoms with Gasteiger partial charge in [-0.2, -0.15) is 5.01 Å². The number of hydrogen-bond donors (Lipinski definition) is 1. The lowest BCUT2D eigenvalue weighted by Crippen LogP contribution is -2.42. The monoisotopic (exact) mass is 236 g/mol. The molecule has 1 aliphatic heterocycles. The van der Waals surface area contributed by atoms with E-state index in [4.69, 9.17) is 0 Å². The molecular weight excluding hydrogens is 220 g/mol. The minimum Gasteiger partial charge on any atom is -0.369 e. The fourth-order valence-electron chi connectivity index (χ4n) is 1.93. The molecule has 92 valence electrons. The normalized spacial score (nSPS) is 17.8. The van der Waals surface area contributed by atoms with Gasteiger partial charge in [-0.25, -0.2) is 5.43 Å². The lowest BCUT2D eigenvalue weighted by atomic mass is 10.3. The van der Waals surface area contributed by atoms with Crippen LogP contribution in [-0.2, 0) is 0 Å². The third-order valence-corrected chi connectivity index (χ3v) is 2.76. The lowest BCUT2D eigenvalue weighted by Gasteiger charge is -2.21. The molecule has 1 aromatic rings. The van der Waals surface area contributed by atoms with Crippen LogP contribution in [0.15, 0.2) is 30.3 Å². The maximum Gasteiger partial charge on any atom is 0.271 e. The third kappa shape index (κ3) is 3.40. The van der Waals surface area contributed by atoms with Crippen LogP contribution >= 0.6 is 0 Å². The molecule has 0 bridgehead atoms. The minimum absolute atomic E-state index is 0.150. The summed E-state index contributed by atoms with van der Waals surface area (Å²) >= 11 is 0. The molecular formula is C11H16N4O2. The summed E-state index contributed by atoms with van der Waals surface area (Å²) in [5, 5.41) is 12.1. The van der Waals surface area contributed by atoms with Gasteiger partial charge in [0.15, 0.2) is 0 Å². The Kier molecular flexibility index (Phi) is 3.89. The summed E-state index contributed by atoms with van der Waals surface area (Å²) < 4.78 is 0. The first-order valence-corrected chi connectivity index (χ1v) is 5.66. The second-order valence-corrected chi connectivity index (χ2v) is 3.97. The van der Waals surface area contributed by atoms with Crippen molar-refractivity contribution in [2.24, 2.45) is 0 Å². The average molecular weight is 236 g/mol.